The molecule has 14 heteroatoms. The molecule has 32 heavy (non-hydrogen) atoms. The number of hydrogen-bond acceptors (Lipinski definition) is 12. The molecule has 5 rings (SSSR count). The van der Waals surface area contributed by atoms with E-state index in [4.69, 9.17) is 29.0 Å². The third kappa shape index (κ3) is 3.80. The second-order valence-electron chi connectivity index (χ2n) is 7.10. The van der Waals surface area contributed by atoms with Crippen molar-refractivity contribution in [3.05, 3.63) is 30.6 Å². The summed E-state index contributed by atoms with van der Waals surface area (Å²) in [5, 5.41) is 0.529. The van der Waals surface area contributed by atoms with Gasteiger partial charge >= 0.3 is 8.17 Å². The average Bonchev–Trinajstić information content (AvgIpc) is 3.30. The molecule has 2 aliphatic rings. The van der Waals surface area contributed by atoms with Crippen molar-refractivity contribution in [2.75, 3.05) is 26.6 Å². The number of rotatable bonds is 5. The van der Waals surface area contributed by atoms with Crippen LogP contribution in [0.1, 0.15) is 6.23 Å². The molecular formula is C18H21N5O7PS+. The molecule has 0 amide bonds. The monoisotopic (exact) mass is 482 g/mol. The standard InChI is InChI=1S/C18H21N5O7PS/c1-26-9-4-3-5-10(6-9)32-18-22-12-15(19)20-8-21-16(12)23(18)17-14(27-2)13-11(29-17)7-28-31(24,25)30-13/h3-6,8,11,13-14,17,24-25H,7H2,1-2H3,(H2,19,20,21)/q+1/t11-,13-,14?,17-/m1/s1. The van der Waals surface area contributed by atoms with E-state index in [1.165, 1.54) is 25.2 Å². The first-order valence-electron chi connectivity index (χ1n) is 9.56. The normalized spacial score (nSPS) is 26.9. The molecule has 1 aromatic carbocycles. The molecule has 2 aromatic heterocycles. The summed E-state index contributed by atoms with van der Waals surface area (Å²) < 4.78 is 29.3. The van der Waals surface area contributed by atoms with Gasteiger partial charge in [-0.2, -0.15) is 14.3 Å². The molecule has 2 fully saturated rings. The molecule has 12 nitrogen and oxygen atoms in total. The van der Waals surface area contributed by atoms with Crippen LogP contribution in [0.4, 0.5) is 5.82 Å². The highest BCUT2D eigenvalue weighted by Crippen LogP contribution is 2.59. The first-order valence-corrected chi connectivity index (χ1v) is 11.9. The fraction of sp³-hybridized carbons (Fsp3) is 0.389. The van der Waals surface area contributed by atoms with E-state index in [0.29, 0.717) is 22.1 Å². The van der Waals surface area contributed by atoms with Crippen molar-refractivity contribution in [3.63, 3.8) is 0 Å². The van der Waals surface area contributed by atoms with E-state index in [1.807, 2.05) is 24.3 Å². The van der Waals surface area contributed by atoms with Crippen molar-refractivity contribution in [1.29, 1.82) is 0 Å². The quantitative estimate of drug-likeness (QED) is 0.452. The van der Waals surface area contributed by atoms with E-state index in [0.717, 1.165) is 4.90 Å². The molecule has 3 aromatic rings. The smallest absolute Gasteiger partial charge is 0.497 e. The van der Waals surface area contributed by atoms with E-state index in [-0.39, 0.29) is 12.4 Å². The Bertz CT molecular complexity index is 1150. The summed E-state index contributed by atoms with van der Waals surface area (Å²) in [6.45, 7) is -0.0517. The molecule has 4 heterocycles. The number of nitrogen functional groups attached to an aromatic ring is 1. The first-order chi connectivity index (χ1) is 15.4. The summed E-state index contributed by atoms with van der Waals surface area (Å²) in [4.78, 5) is 33.7. The Balaban J connectivity index is 1.59. The number of imidazole rings is 1. The fourth-order valence-electron chi connectivity index (χ4n) is 3.77. The Hall–Kier alpha value is -2.09. The minimum Gasteiger partial charge on any atom is -0.497 e. The molecule has 0 aliphatic carbocycles. The predicted molar refractivity (Wildman–Crippen MR) is 114 cm³/mol. The van der Waals surface area contributed by atoms with E-state index in [1.54, 1.807) is 11.7 Å². The van der Waals surface area contributed by atoms with Crippen LogP contribution < -0.4 is 10.5 Å². The van der Waals surface area contributed by atoms with Gasteiger partial charge in [-0.25, -0.2) is 15.0 Å². The lowest BCUT2D eigenvalue weighted by Gasteiger charge is -2.26. The van der Waals surface area contributed by atoms with Gasteiger partial charge in [0, 0.05) is 12.0 Å². The summed E-state index contributed by atoms with van der Waals surface area (Å²) >= 11 is 1.36. The molecule has 170 valence electrons. The number of aromatic nitrogens is 4. The third-order valence-corrected chi connectivity index (χ3v) is 7.17. The molecule has 0 spiro atoms. The van der Waals surface area contributed by atoms with Crippen LogP contribution in [0.5, 0.6) is 5.75 Å². The molecule has 4 N–H and O–H groups in total. The highest BCUT2D eigenvalue weighted by Gasteiger charge is 2.60. The largest absolute Gasteiger partial charge is 0.570 e. The predicted octanol–water partition coefficient (Wildman–Crippen LogP) is 1.56. The number of benzene rings is 1. The highest BCUT2D eigenvalue weighted by atomic mass is 32.2. The van der Waals surface area contributed by atoms with Crippen LogP contribution in [0.15, 0.2) is 40.6 Å². The lowest BCUT2D eigenvalue weighted by molar-refractivity contribution is -0.0763. The number of ether oxygens (including phenoxy) is 3. The number of nitrogens with zero attached hydrogens (tertiary/aromatic N) is 4. The summed E-state index contributed by atoms with van der Waals surface area (Å²) in [6.07, 6.45) is -1.43. The summed E-state index contributed by atoms with van der Waals surface area (Å²) in [5.41, 5.74) is 6.92. The lowest BCUT2D eigenvalue weighted by Crippen LogP contribution is -2.41. The Kier molecular flexibility index (Phi) is 5.68. The van der Waals surface area contributed by atoms with E-state index in [2.05, 4.69) is 15.0 Å². The number of hydrogen-bond donors (Lipinski definition) is 3. The summed E-state index contributed by atoms with van der Waals surface area (Å²) in [7, 11) is -0.850. The third-order valence-electron chi connectivity index (χ3n) is 5.20. The van der Waals surface area contributed by atoms with Crippen LogP contribution in [-0.2, 0) is 18.5 Å². The topological polar surface area (TPSA) is 156 Å². The highest BCUT2D eigenvalue weighted by molar-refractivity contribution is 7.99. The fourth-order valence-corrected chi connectivity index (χ4v) is 5.70. The van der Waals surface area contributed by atoms with Crippen molar-refractivity contribution < 1.29 is 33.0 Å². The molecule has 0 radical (unpaired) electrons. The second-order valence-corrected chi connectivity index (χ2v) is 9.59. The Labute approximate surface area is 187 Å². The Morgan fingerprint density at radius 3 is 2.91 bits per heavy atom. The zero-order valence-electron chi connectivity index (χ0n) is 17.1. The van der Waals surface area contributed by atoms with Gasteiger partial charge < -0.3 is 19.9 Å². The van der Waals surface area contributed by atoms with Crippen molar-refractivity contribution >= 4 is 36.9 Å². The molecule has 0 saturated carbocycles. The summed E-state index contributed by atoms with van der Waals surface area (Å²) in [5.74, 6) is 0.924. The lowest BCUT2D eigenvalue weighted by atomic mass is 10.1. The minimum absolute atomic E-state index is 0.0517. The zero-order chi connectivity index (χ0) is 22.5. The van der Waals surface area contributed by atoms with Crippen molar-refractivity contribution in [2.45, 2.75) is 34.6 Å². The van der Waals surface area contributed by atoms with Gasteiger partial charge in [0.25, 0.3) is 0 Å². The van der Waals surface area contributed by atoms with Gasteiger partial charge in [0.15, 0.2) is 34.5 Å². The maximum Gasteiger partial charge on any atom is 0.570 e. The molecule has 0 bridgehead atoms. The molecule has 2 saturated heterocycles. The Morgan fingerprint density at radius 1 is 1.28 bits per heavy atom. The van der Waals surface area contributed by atoms with Crippen LogP contribution in [0, 0.1) is 0 Å². The number of fused-ring (bicyclic) bond motifs is 2. The average molecular weight is 482 g/mol. The van der Waals surface area contributed by atoms with Crippen LogP contribution in [-0.4, -0.2) is 68.4 Å². The zero-order valence-corrected chi connectivity index (χ0v) is 18.8. The molecule has 2 aliphatic heterocycles. The number of nitrogens with two attached hydrogens (primary N) is 1. The van der Waals surface area contributed by atoms with Crippen LogP contribution >= 0.6 is 19.9 Å². The van der Waals surface area contributed by atoms with Crippen molar-refractivity contribution in [3.8, 4) is 5.75 Å². The van der Waals surface area contributed by atoms with Gasteiger partial charge in [-0.3, -0.25) is 4.57 Å². The van der Waals surface area contributed by atoms with Crippen LogP contribution in [0.25, 0.3) is 11.2 Å². The van der Waals surface area contributed by atoms with Crippen molar-refractivity contribution in [2.24, 2.45) is 0 Å². The van der Waals surface area contributed by atoms with Gasteiger partial charge in [0.1, 0.15) is 30.9 Å². The molecule has 4 atom stereocenters. The Morgan fingerprint density at radius 2 is 2.12 bits per heavy atom. The molecular weight excluding hydrogens is 461 g/mol. The number of anilines is 1. The van der Waals surface area contributed by atoms with Gasteiger partial charge in [-0.15, -0.1) is 4.52 Å². The van der Waals surface area contributed by atoms with Gasteiger partial charge in [-0.05, 0) is 18.2 Å². The van der Waals surface area contributed by atoms with E-state index in [9.17, 15) is 9.79 Å². The SMILES string of the molecule is COc1cccc(Sc2nc3c(N)ncnc3n2[C@@H]2O[C@@H]3CO[P+](O)(O)O[C@H]3C2OC)c1. The van der Waals surface area contributed by atoms with Crippen LogP contribution in [0.3, 0.4) is 0 Å². The minimum atomic E-state index is -3.94. The number of methoxy groups -OCH3 is 2. The second kappa shape index (κ2) is 8.36. The molecule has 1 unspecified atom stereocenters. The van der Waals surface area contributed by atoms with Crippen molar-refractivity contribution in [1.82, 2.24) is 19.5 Å². The maximum absolute atomic E-state index is 9.90. The van der Waals surface area contributed by atoms with Gasteiger partial charge in [0.2, 0.25) is 0 Å². The first kappa shape index (κ1) is 21.7. The van der Waals surface area contributed by atoms with E-state index < -0.39 is 32.7 Å². The maximum atomic E-state index is 9.90. The van der Waals surface area contributed by atoms with Gasteiger partial charge in [0.05, 0.1) is 7.11 Å². The van der Waals surface area contributed by atoms with E-state index >= 15 is 0 Å². The van der Waals surface area contributed by atoms with Gasteiger partial charge in [-0.1, -0.05) is 17.8 Å². The van der Waals surface area contributed by atoms with Crippen LogP contribution in [0.2, 0.25) is 0 Å². The summed E-state index contributed by atoms with van der Waals surface area (Å²) in [6, 6.07) is 7.51.